The SMILES string of the molecule is N=C(NC(=O)c1ccccc1)N(CCCOc1cccc(CN2CCCCC2)c1)CCCc1cnc[nH]1. The second-order valence-corrected chi connectivity index (χ2v) is 9.52. The van der Waals surface area contributed by atoms with Crippen LogP contribution in [0.1, 0.15) is 53.7 Å². The summed E-state index contributed by atoms with van der Waals surface area (Å²) in [4.78, 5) is 24.2. The fourth-order valence-corrected chi connectivity index (χ4v) is 4.62. The Morgan fingerprint density at radius 1 is 1.05 bits per heavy atom. The average Bonchev–Trinajstić information content (AvgIpc) is 3.45. The number of hydrogen-bond donors (Lipinski definition) is 3. The molecule has 0 saturated carbocycles. The van der Waals surface area contributed by atoms with Crippen molar-refractivity contribution in [3.63, 3.8) is 0 Å². The molecule has 1 fully saturated rings. The molecule has 0 radical (unpaired) electrons. The Labute approximate surface area is 219 Å². The number of guanidine groups is 1. The van der Waals surface area contributed by atoms with Gasteiger partial charge in [-0.3, -0.25) is 20.4 Å². The van der Waals surface area contributed by atoms with Gasteiger partial charge < -0.3 is 14.6 Å². The summed E-state index contributed by atoms with van der Waals surface area (Å²) in [7, 11) is 0. The van der Waals surface area contributed by atoms with Crippen molar-refractivity contribution in [1.82, 2.24) is 25.1 Å². The zero-order chi connectivity index (χ0) is 25.7. The molecule has 3 N–H and O–H groups in total. The quantitative estimate of drug-likeness (QED) is 0.193. The second kappa shape index (κ2) is 14.2. The number of likely N-dealkylation sites (tertiary alicyclic amines) is 1. The minimum Gasteiger partial charge on any atom is -0.494 e. The number of ether oxygens (including phenoxy) is 1. The molecule has 3 aromatic rings. The molecular formula is C29H38N6O2. The summed E-state index contributed by atoms with van der Waals surface area (Å²) in [5.74, 6) is 0.723. The van der Waals surface area contributed by atoms with Crippen LogP contribution in [0.4, 0.5) is 0 Å². The van der Waals surface area contributed by atoms with Crippen molar-refractivity contribution in [2.75, 3.05) is 32.8 Å². The Kier molecular flexibility index (Phi) is 10.1. The summed E-state index contributed by atoms with van der Waals surface area (Å²) < 4.78 is 6.06. The fraction of sp³-hybridized carbons (Fsp3) is 0.414. The standard InChI is InChI=1S/C29H38N6O2/c30-29(33-28(36)25-11-3-1-4-12-25)35(17-8-13-26-21-31-23-32-26)18-9-19-37-27-14-7-10-24(20-27)22-34-15-5-2-6-16-34/h1,3-4,7,10-12,14,20-21,23H,2,5-6,8-9,13,15-19,22H2,(H,31,32)(H2,30,33,36). The Morgan fingerprint density at radius 3 is 2.65 bits per heavy atom. The van der Waals surface area contributed by atoms with E-state index in [4.69, 9.17) is 10.1 Å². The van der Waals surface area contributed by atoms with Crippen molar-refractivity contribution in [3.05, 3.63) is 83.9 Å². The first-order valence-electron chi connectivity index (χ1n) is 13.3. The number of amides is 1. The molecule has 1 aliphatic heterocycles. The monoisotopic (exact) mass is 502 g/mol. The highest BCUT2D eigenvalue weighted by atomic mass is 16.5. The number of nitrogens with zero attached hydrogens (tertiary/aromatic N) is 3. The van der Waals surface area contributed by atoms with Crippen LogP contribution in [0.3, 0.4) is 0 Å². The molecule has 0 unspecified atom stereocenters. The van der Waals surface area contributed by atoms with Gasteiger partial charge in [0.1, 0.15) is 5.75 Å². The number of benzene rings is 2. The molecule has 8 heteroatoms. The highest BCUT2D eigenvalue weighted by Crippen LogP contribution is 2.18. The van der Waals surface area contributed by atoms with Crippen LogP contribution in [-0.2, 0) is 13.0 Å². The number of piperidine rings is 1. The molecule has 1 amide bonds. The Morgan fingerprint density at radius 2 is 1.86 bits per heavy atom. The van der Waals surface area contributed by atoms with Gasteiger partial charge in [-0.05, 0) is 75.0 Å². The molecule has 1 aromatic heterocycles. The third kappa shape index (κ3) is 8.75. The van der Waals surface area contributed by atoms with Gasteiger partial charge in [0.15, 0.2) is 5.96 Å². The predicted octanol–water partition coefficient (Wildman–Crippen LogP) is 4.46. The van der Waals surface area contributed by atoms with E-state index in [1.807, 2.05) is 35.4 Å². The smallest absolute Gasteiger partial charge is 0.257 e. The number of aromatic nitrogens is 2. The highest BCUT2D eigenvalue weighted by molar-refractivity contribution is 6.04. The van der Waals surface area contributed by atoms with E-state index in [0.717, 1.165) is 37.3 Å². The van der Waals surface area contributed by atoms with E-state index >= 15 is 0 Å². The lowest BCUT2D eigenvalue weighted by Crippen LogP contribution is -2.44. The molecule has 2 heterocycles. The van der Waals surface area contributed by atoms with Crippen LogP contribution < -0.4 is 10.1 Å². The van der Waals surface area contributed by atoms with Gasteiger partial charge in [0.25, 0.3) is 5.91 Å². The first-order chi connectivity index (χ1) is 18.2. The van der Waals surface area contributed by atoms with Crippen LogP contribution in [0.5, 0.6) is 5.75 Å². The van der Waals surface area contributed by atoms with Crippen LogP contribution in [0.15, 0.2) is 67.1 Å². The Balaban J connectivity index is 1.26. The van der Waals surface area contributed by atoms with Gasteiger partial charge in [0.05, 0.1) is 12.9 Å². The summed E-state index contributed by atoms with van der Waals surface area (Å²) in [6, 6.07) is 17.4. The first kappa shape index (κ1) is 26.4. The number of carbonyl (C=O) groups excluding carboxylic acids is 1. The zero-order valence-corrected chi connectivity index (χ0v) is 21.5. The third-order valence-corrected chi connectivity index (χ3v) is 6.61. The number of aryl methyl sites for hydroxylation is 1. The summed E-state index contributed by atoms with van der Waals surface area (Å²) in [6.07, 6.45) is 9.82. The zero-order valence-electron chi connectivity index (χ0n) is 21.5. The summed E-state index contributed by atoms with van der Waals surface area (Å²) >= 11 is 0. The van der Waals surface area contributed by atoms with Gasteiger partial charge in [-0.1, -0.05) is 36.8 Å². The molecule has 0 atom stereocenters. The molecular weight excluding hydrogens is 464 g/mol. The van der Waals surface area contributed by atoms with Gasteiger partial charge in [-0.25, -0.2) is 4.98 Å². The molecule has 4 rings (SSSR count). The molecule has 0 spiro atoms. The summed E-state index contributed by atoms with van der Waals surface area (Å²) in [6.45, 7) is 5.13. The average molecular weight is 503 g/mol. The topological polar surface area (TPSA) is 97.3 Å². The molecule has 8 nitrogen and oxygen atoms in total. The molecule has 0 aliphatic carbocycles. The highest BCUT2D eigenvalue weighted by Gasteiger charge is 2.15. The Bertz CT molecular complexity index is 1100. The van der Waals surface area contributed by atoms with E-state index in [0.29, 0.717) is 25.3 Å². The van der Waals surface area contributed by atoms with E-state index in [-0.39, 0.29) is 11.9 Å². The number of rotatable bonds is 12. The van der Waals surface area contributed by atoms with Crippen molar-refractivity contribution in [2.24, 2.45) is 0 Å². The van der Waals surface area contributed by atoms with Gasteiger partial charge >= 0.3 is 0 Å². The van der Waals surface area contributed by atoms with Gasteiger partial charge in [-0.2, -0.15) is 0 Å². The van der Waals surface area contributed by atoms with Crippen molar-refractivity contribution in [1.29, 1.82) is 5.41 Å². The second-order valence-electron chi connectivity index (χ2n) is 9.52. The lowest BCUT2D eigenvalue weighted by Gasteiger charge is -2.26. The maximum atomic E-state index is 12.6. The van der Waals surface area contributed by atoms with Gasteiger partial charge in [0.2, 0.25) is 0 Å². The summed E-state index contributed by atoms with van der Waals surface area (Å²) in [5.41, 5.74) is 2.88. The van der Waals surface area contributed by atoms with E-state index in [1.165, 1.54) is 37.9 Å². The van der Waals surface area contributed by atoms with Crippen LogP contribution in [0.2, 0.25) is 0 Å². The largest absolute Gasteiger partial charge is 0.494 e. The van der Waals surface area contributed by atoms with E-state index in [2.05, 4.69) is 38.4 Å². The van der Waals surface area contributed by atoms with Crippen molar-refractivity contribution in [2.45, 2.75) is 45.1 Å². The Hall–Kier alpha value is -3.65. The normalized spacial score (nSPS) is 13.7. The maximum Gasteiger partial charge on any atom is 0.257 e. The van der Waals surface area contributed by atoms with E-state index < -0.39 is 0 Å². The molecule has 1 saturated heterocycles. The number of nitrogens with one attached hydrogen (secondary N) is 3. The minimum absolute atomic E-state index is 0.113. The predicted molar refractivity (Wildman–Crippen MR) is 146 cm³/mol. The number of carbonyl (C=O) groups is 1. The number of aromatic amines is 1. The van der Waals surface area contributed by atoms with Crippen molar-refractivity contribution >= 4 is 11.9 Å². The van der Waals surface area contributed by atoms with Gasteiger partial charge in [-0.15, -0.1) is 0 Å². The van der Waals surface area contributed by atoms with Crippen molar-refractivity contribution < 1.29 is 9.53 Å². The molecule has 196 valence electrons. The number of hydrogen-bond acceptors (Lipinski definition) is 5. The van der Waals surface area contributed by atoms with Crippen LogP contribution in [0, 0.1) is 5.41 Å². The lowest BCUT2D eigenvalue weighted by molar-refractivity contribution is 0.0971. The first-order valence-corrected chi connectivity index (χ1v) is 13.3. The molecule has 0 bridgehead atoms. The number of H-pyrrole nitrogens is 1. The molecule has 1 aliphatic rings. The molecule has 2 aromatic carbocycles. The lowest BCUT2D eigenvalue weighted by atomic mass is 10.1. The van der Waals surface area contributed by atoms with Crippen molar-refractivity contribution in [3.8, 4) is 5.75 Å². The van der Waals surface area contributed by atoms with Crippen LogP contribution >= 0.6 is 0 Å². The minimum atomic E-state index is -0.272. The third-order valence-electron chi connectivity index (χ3n) is 6.61. The van der Waals surface area contributed by atoms with Crippen LogP contribution in [0.25, 0.3) is 0 Å². The number of imidazole rings is 1. The fourth-order valence-electron chi connectivity index (χ4n) is 4.62. The van der Waals surface area contributed by atoms with E-state index in [1.54, 1.807) is 18.5 Å². The summed E-state index contributed by atoms with van der Waals surface area (Å²) in [5, 5.41) is 11.3. The maximum absolute atomic E-state index is 12.6. The molecule has 37 heavy (non-hydrogen) atoms. The van der Waals surface area contributed by atoms with Crippen LogP contribution in [-0.4, -0.2) is 64.4 Å². The van der Waals surface area contributed by atoms with Gasteiger partial charge in [0, 0.05) is 37.1 Å². The van der Waals surface area contributed by atoms with E-state index in [9.17, 15) is 4.79 Å².